The van der Waals surface area contributed by atoms with Crippen molar-refractivity contribution in [3.8, 4) is 0 Å². The van der Waals surface area contributed by atoms with E-state index < -0.39 is 17.8 Å². The number of fused-ring (bicyclic) bond motifs is 2. The van der Waals surface area contributed by atoms with E-state index in [1.165, 1.54) is 10.5 Å². The van der Waals surface area contributed by atoms with Gasteiger partial charge in [-0.25, -0.2) is 14.5 Å². The molecule has 0 N–H and O–H groups in total. The van der Waals surface area contributed by atoms with Gasteiger partial charge >= 0.3 is 17.8 Å². The zero-order valence-electron chi connectivity index (χ0n) is 16.6. The Kier molecular flexibility index (Phi) is 4.89. The molecule has 30 heavy (non-hydrogen) atoms. The van der Waals surface area contributed by atoms with E-state index in [1.807, 2.05) is 41.1 Å². The van der Waals surface area contributed by atoms with Crippen LogP contribution >= 0.6 is 11.8 Å². The zero-order valence-corrected chi connectivity index (χ0v) is 17.4. The molecule has 3 heterocycles. The lowest BCUT2D eigenvalue weighted by Crippen LogP contribution is -2.65. The van der Waals surface area contributed by atoms with Gasteiger partial charge in [0.2, 0.25) is 0 Å². The molecule has 154 valence electrons. The maximum absolute atomic E-state index is 12.4. The largest absolute Gasteiger partial charge is 0.404 e. The van der Waals surface area contributed by atoms with Crippen LogP contribution in [0.2, 0.25) is 0 Å². The molecule has 0 aromatic heterocycles. The number of hydrogen-bond acceptors (Lipinski definition) is 7. The number of esters is 2. The van der Waals surface area contributed by atoms with Gasteiger partial charge < -0.3 is 9.47 Å². The second kappa shape index (κ2) is 7.58. The summed E-state index contributed by atoms with van der Waals surface area (Å²) < 4.78 is 11.7. The quantitative estimate of drug-likeness (QED) is 0.655. The Balaban J connectivity index is 1.69. The van der Waals surface area contributed by atoms with Crippen molar-refractivity contribution in [2.45, 2.75) is 22.6 Å². The van der Waals surface area contributed by atoms with Gasteiger partial charge in [0, 0.05) is 35.9 Å². The lowest BCUT2D eigenvalue weighted by molar-refractivity contribution is -0.305. The van der Waals surface area contributed by atoms with Crippen LogP contribution in [0.15, 0.2) is 65.6 Å². The minimum absolute atomic E-state index is 0.209. The molecule has 0 bridgehead atoms. The first-order chi connectivity index (χ1) is 14.6. The number of piperazine rings is 1. The highest BCUT2D eigenvalue weighted by molar-refractivity contribution is 7.98. The van der Waals surface area contributed by atoms with Gasteiger partial charge in [-0.1, -0.05) is 42.5 Å². The van der Waals surface area contributed by atoms with E-state index in [1.54, 1.807) is 11.8 Å². The first-order valence-corrected chi connectivity index (χ1v) is 10.9. The predicted octanol–water partition coefficient (Wildman–Crippen LogP) is 2.94. The van der Waals surface area contributed by atoms with Crippen molar-refractivity contribution in [1.29, 1.82) is 0 Å². The molecule has 0 amide bonds. The number of carbonyl (C=O) groups excluding carboxylic acids is 2. The second-order valence-corrected chi connectivity index (χ2v) is 8.76. The fourth-order valence-electron chi connectivity index (χ4n) is 4.44. The summed E-state index contributed by atoms with van der Waals surface area (Å²) in [5.74, 6) is -1.80. The summed E-state index contributed by atoms with van der Waals surface area (Å²) in [4.78, 5) is 30.0. The van der Waals surface area contributed by atoms with Gasteiger partial charge in [-0.2, -0.15) is 0 Å². The highest BCUT2D eigenvalue weighted by Gasteiger charge is 2.53. The minimum atomic E-state index is -1.50. The average Bonchev–Trinajstić information content (AvgIpc) is 2.98. The molecule has 1 saturated heterocycles. The van der Waals surface area contributed by atoms with Gasteiger partial charge in [-0.05, 0) is 29.8 Å². The summed E-state index contributed by atoms with van der Waals surface area (Å²) >= 11 is 1.80. The van der Waals surface area contributed by atoms with Gasteiger partial charge in [-0.3, -0.25) is 4.90 Å². The first kappa shape index (κ1) is 19.4. The van der Waals surface area contributed by atoms with E-state index in [4.69, 9.17) is 9.47 Å². The van der Waals surface area contributed by atoms with E-state index in [-0.39, 0.29) is 12.6 Å². The number of likely N-dealkylation sites (N-methyl/N-ethyl adjacent to an activating group) is 1. The third-order valence-corrected chi connectivity index (χ3v) is 6.90. The van der Waals surface area contributed by atoms with Crippen LogP contribution in [-0.2, 0) is 24.8 Å². The average molecular weight is 423 g/mol. The van der Waals surface area contributed by atoms with Gasteiger partial charge in [0.05, 0.1) is 12.6 Å². The molecule has 5 rings (SSSR count). The van der Waals surface area contributed by atoms with Crippen LogP contribution < -0.4 is 0 Å². The van der Waals surface area contributed by atoms with Crippen molar-refractivity contribution in [2.24, 2.45) is 0 Å². The third-order valence-electron chi connectivity index (χ3n) is 5.76. The Morgan fingerprint density at radius 3 is 2.37 bits per heavy atom. The molecule has 0 saturated carbocycles. The summed E-state index contributed by atoms with van der Waals surface area (Å²) in [6.07, 6.45) is 2.27. The smallest absolute Gasteiger partial charge is 0.335 e. The van der Waals surface area contributed by atoms with Crippen molar-refractivity contribution in [1.82, 2.24) is 9.80 Å². The summed E-state index contributed by atoms with van der Waals surface area (Å²) in [6.45, 7) is 1.62. The highest BCUT2D eigenvalue weighted by Crippen LogP contribution is 2.45. The first-order valence-electron chi connectivity index (χ1n) is 9.95. The number of carbonyl (C=O) groups is 2. The third kappa shape index (κ3) is 3.33. The molecule has 7 heteroatoms. The summed E-state index contributed by atoms with van der Waals surface area (Å²) in [6, 6.07) is 16.4. The SMILES string of the molecule is CN1CCN(C2c3ccccc3CSc3ccccc32)C2(C1)OC(=O)C=CC(=O)O2. The van der Waals surface area contributed by atoms with Gasteiger partial charge in [0.1, 0.15) is 0 Å². The van der Waals surface area contributed by atoms with E-state index >= 15 is 0 Å². The summed E-state index contributed by atoms with van der Waals surface area (Å²) in [5, 5.41) is 0. The molecule has 3 aliphatic rings. The molecule has 2 aromatic rings. The van der Waals surface area contributed by atoms with Crippen molar-refractivity contribution in [2.75, 3.05) is 26.7 Å². The van der Waals surface area contributed by atoms with Crippen molar-refractivity contribution < 1.29 is 19.1 Å². The van der Waals surface area contributed by atoms with E-state index in [9.17, 15) is 9.59 Å². The Hall–Kier alpha value is -2.61. The normalized spacial score (nSPS) is 23.7. The molecular formula is C23H22N2O4S. The number of rotatable bonds is 1. The Morgan fingerprint density at radius 2 is 1.60 bits per heavy atom. The molecule has 2 aromatic carbocycles. The van der Waals surface area contributed by atoms with Crippen LogP contribution in [0, 0.1) is 0 Å². The number of benzene rings is 2. The molecule has 6 nitrogen and oxygen atoms in total. The highest BCUT2D eigenvalue weighted by atomic mass is 32.2. The number of thioether (sulfide) groups is 1. The van der Waals surface area contributed by atoms with Crippen LogP contribution in [-0.4, -0.2) is 54.3 Å². The molecule has 0 radical (unpaired) electrons. The standard InChI is InChI=1S/C23H22N2O4S/c1-24-12-13-25(23(15-24)28-20(26)10-11-21(27)29-23)22-17-7-3-2-6-16(17)14-30-19-9-5-4-8-18(19)22/h2-11,22H,12-15H2,1H3. The van der Waals surface area contributed by atoms with Crippen molar-refractivity contribution in [3.63, 3.8) is 0 Å². The van der Waals surface area contributed by atoms with Crippen LogP contribution in [0.1, 0.15) is 22.7 Å². The maximum Gasteiger partial charge on any atom is 0.335 e. The summed E-state index contributed by atoms with van der Waals surface area (Å²) in [7, 11) is 1.93. The second-order valence-electron chi connectivity index (χ2n) is 7.75. The molecule has 1 atom stereocenters. The Labute approximate surface area is 179 Å². The Bertz CT molecular complexity index is 970. The Morgan fingerprint density at radius 1 is 0.933 bits per heavy atom. The van der Waals surface area contributed by atoms with Gasteiger partial charge in [0.15, 0.2) is 0 Å². The molecule has 3 aliphatic heterocycles. The maximum atomic E-state index is 12.4. The van der Waals surface area contributed by atoms with Crippen LogP contribution in [0.5, 0.6) is 0 Å². The molecule has 0 aliphatic carbocycles. The fraction of sp³-hybridized carbons (Fsp3) is 0.304. The molecular weight excluding hydrogens is 400 g/mol. The topological polar surface area (TPSA) is 59.1 Å². The van der Waals surface area contributed by atoms with Gasteiger partial charge in [-0.15, -0.1) is 11.8 Å². The molecule has 1 spiro atoms. The lowest BCUT2D eigenvalue weighted by Gasteiger charge is -2.49. The lowest BCUT2D eigenvalue weighted by atomic mass is 9.92. The van der Waals surface area contributed by atoms with Crippen LogP contribution in [0.25, 0.3) is 0 Å². The van der Waals surface area contributed by atoms with Crippen LogP contribution in [0.3, 0.4) is 0 Å². The summed E-state index contributed by atoms with van der Waals surface area (Å²) in [5.41, 5.74) is 3.49. The van der Waals surface area contributed by atoms with E-state index in [0.29, 0.717) is 6.54 Å². The van der Waals surface area contributed by atoms with Crippen LogP contribution in [0.4, 0.5) is 0 Å². The van der Waals surface area contributed by atoms with Crippen molar-refractivity contribution >= 4 is 23.7 Å². The van der Waals surface area contributed by atoms with E-state index in [2.05, 4.69) is 24.3 Å². The van der Waals surface area contributed by atoms with Crippen molar-refractivity contribution in [3.05, 3.63) is 77.4 Å². The number of nitrogens with zero attached hydrogens (tertiary/aromatic N) is 2. The number of hydrogen-bond donors (Lipinski definition) is 0. The van der Waals surface area contributed by atoms with E-state index in [0.717, 1.165) is 35.6 Å². The zero-order chi connectivity index (χ0) is 20.7. The number of ether oxygens (including phenoxy) is 2. The predicted molar refractivity (Wildman–Crippen MR) is 113 cm³/mol. The monoisotopic (exact) mass is 422 g/mol. The fourth-order valence-corrected chi connectivity index (χ4v) is 5.53. The molecule has 1 unspecified atom stereocenters. The van der Waals surface area contributed by atoms with Gasteiger partial charge in [0.25, 0.3) is 0 Å². The minimum Gasteiger partial charge on any atom is -0.404 e. The molecule has 1 fully saturated rings.